The molecule has 0 amide bonds. The van der Waals surface area contributed by atoms with E-state index < -0.39 is 0 Å². The maximum absolute atomic E-state index is 5.30. The van der Waals surface area contributed by atoms with Crippen LogP contribution in [0, 0.1) is 0 Å². The van der Waals surface area contributed by atoms with Gasteiger partial charge in [0, 0.05) is 37.2 Å². The number of fused-ring (bicyclic) bond motifs is 15. The van der Waals surface area contributed by atoms with Gasteiger partial charge in [-0.25, -0.2) is 9.98 Å². The predicted octanol–water partition coefficient (Wildman–Crippen LogP) is 12.2. The van der Waals surface area contributed by atoms with E-state index >= 15 is 0 Å². The summed E-state index contributed by atoms with van der Waals surface area (Å²) in [6.45, 7) is 4.41. The number of nitrogens with zero attached hydrogens (tertiary/aromatic N) is 4. The molecule has 0 aliphatic rings. The van der Waals surface area contributed by atoms with Gasteiger partial charge in [-0.15, -0.1) is 11.3 Å². The summed E-state index contributed by atoms with van der Waals surface area (Å²) in [6, 6.07) is 55.6. The van der Waals surface area contributed by atoms with Crippen LogP contribution >= 0.6 is 11.3 Å². The van der Waals surface area contributed by atoms with Crippen LogP contribution in [0.15, 0.2) is 173 Å². The third-order valence-electron chi connectivity index (χ3n) is 9.96. The molecule has 0 saturated heterocycles. The smallest absolute Gasteiger partial charge is 0.232 e. The highest BCUT2D eigenvalue weighted by Crippen LogP contribution is 2.50. The largest absolute Gasteiger partial charge is 0.277 e. The highest BCUT2D eigenvalue weighted by Gasteiger charge is 2.25. The molecule has 0 atom stereocenters. The van der Waals surface area contributed by atoms with Crippen molar-refractivity contribution in [1.82, 2.24) is 4.57 Å². The molecule has 0 bridgehead atoms. The minimum atomic E-state index is 0.464. The van der Waals surface area contributed by atoms with Crippen LogP contribution in [-0.4, -0.2) is 23.1 Å². The summed E-state index contributed by atoms with van der Waals surface area (Å²) in [4.78, 5) is 15.0. The quantitative estimate of drug-likeness (QED) is 0.102. The second-order valence-electron chi connectivity index (χ2n) is 12.8. The third kappa shape index (κ3) is 4.55. The van der Waals surface area contributed by atoms with Gasteiger partial charge in [0.05, 0.1) is 22.3 Å². The Kier molecular flexibility index (Phi) is 6.86. The van der Waals surface area contributed by atoms with E-state index in [1.54, 1.807) is 0 Å². The zero-order valence-corrected chi connectivity index (χ0v) is 28.4. The van der Waals surface area contributed by atoms with Crippen molar-refractivity contribution in [2.45, 2.75) is 6.54 Å². The molecule has 10 rings (SSSR count). The molecule has 0 unspecified atom stereocenters. The first-order valence-corrected chi connectivity index (χ1v) is 17.9. The highest BCUT2D eigenvalue weighted by atomic mass is 32.1. The molecule has 0 spiro atoms. The van der Waals surface area contributed by atoms with Crippen molar-refractivity contribution in [2.24, 2.45) is 15.0 Å². The number of aliphatic imine (C=N–C) groups is 3. The van der Waals surface area contributed by atoms with Crippen LogP contribution in [0.3, 0.4) is 0 Å². The van der Waals surface area contributed by atoms with E-state index in [0.717, 1.165) is 27.5 Å². The lowest BCUT2D eigenvalue weighted by atomic mass is 9.94. The van der Waals surface area contributed by atoms with Gasteiger partial charge in [0.1, 0.15) is 0 Å². The molecule has 4 nitrogen and oxygen atoms in total. The molecule has 51 heavy (non-hydrogen) atoms. The van der Waals surface area contributed by atoms with Crippen molar-refractivity contribution in [3.05, 3.63) is 169 Å². The number of thiophene rings is 1. The molecule has 2 aromatic heterocycles. The third-order valence-corrected chi connectivity index (χ3v) is 11.2. The van der Waals surface area contributed by atoms with Crippen molar-refractivity contribution >= 4 is 104 Å². The number of hydrogen-bond acceptors (Lipinski definition) is 2. The molecule has 0 fully saturated rings. The van der Waals surface area contributed by atoms with Gasteiger partial charge in [-0.2, -0.15) is 4.99 Å². The standard InChI is InChI=1S/C46H30N4S/c1-47-45(30-18-6-3-7-19-30)49-46(48-28-29-16-4-2-5-17-29)50-38-27-15-14-26-37(38)39-34-23-11-12-24-35(34)41-40-33-22-10-8-20-31(33)32-21-9-13-25-36(32)43(40)51-44(41)42(39)50/h2-27H,1,28H2/b48-46?,49-45-. The summed E-state index contributed by atoms with van der Waals surface area (Å²) in [5, 5.41) is 12.5. The number of hydrogen-bond donors (Lipinski definition) is 0. The molecule has 0 aliphatic heterocycles. The van der Waals surface area contributed by atoms with E-state index in [0.29, 0.717) is 18.3 Å². The summed E-state index contributed by atoms with van der Waals surface area (Å²) < 4.78 is 4.78. The van der Waals surface area contributed by atoms with Gasteiger partial charge in [-0.1, -0.05) is 152 Å². The van der Waals surface area contributed by atoms with Gasteiger partial charge in [-0.05, 0) is 45.3 Å². The van der Waals surface area contributed by atoms with E-state index in [9.17, 15) is 0 Å². The van der Waals surface area contributed by atoms with Gasteiger partial charge in [0.15, 0.2) is 5.84 Å². The summed E-state index contributed by atoms with van der Waals surface area (Å²) >= 11 is 1.87. The molecular weight excluding hydrogens is 641 g/mol. The SMILES string of the molecule is C=N/C(=N\C(=NCc1ccccc1)n1c2ccccc2c2c3ccccc3c3c(sc4c5ccccc5c5ccccc5c43)c21)c1ccccc1. The Hall–Kier alpha value is -6.43. The van der Waals surface area contributed by atoms with Crippen LogP contribution in [0.1, 0.15) is 11.1 Å². The lowest BCUT2D eigenvalue weighted by molar-refractivity contribution is 1.03. The fraction of sp³-hybridized carbons (Fsp3) is 0.0217. The summed E-state index contributed by atoms with van der Waals surface area (Å²) in [5.41, 5.74) is 4.14. The second kappa shape index (κ2) is 11.9. The number of amidine groups is 1. The maximum Gasteiger partial charge on any atom is 0.232 e. The molecule has 8 aromatic carbocycles. The first kappa shape index (κ1) is 29.5. The normalized spacial score (nSPS) is 12.7. The zero-order valence-electron chi connectivity index (χ0n) is 27.6. The Balaban J connectivity index is 1.43. The molecule has 0 aliphatic carbocycles. The predicted molar refractivity (Wildman–Crippen MR) is 220 cm³/mol. The lowest BCUT2D eigenvalue weighted by Crippen LogP contribution is -2.13. The first-order chi connectivity index (χ1) is 25.3. The molecule has 0 radical (unpaired) electrons. The van der Waals surface area contributed by atoms with Crippen LogP contribution in [0.5, 0.6) is 0 Å². The van der Waals surface area contributed by atoms with Crippen molar-refractivity contribution in [3.8, 4) is 0 Å². The molecular formula is C46H30N4S. The van der Waals surface area contributed by atoms with Crippen LogP contribution < -0.4 is 0 Å². The van der Waals surface area contributed by atoms with Gasteiger partial charge < -0.3 is 0 Å². The Bertz CT molecular complexity index is 3060. The molecule has 10 aromatic rings. The van der Waals surface area contributed by atoms with Crippen LogP contribution in [0.25, 0.3) is 74.3 Å². The van der Waals surface area contributed by atoms with E-state index in [2.05, 4.69) is 138 Å². The minimum Gasteiger partial charge on any atom is -0.277 e. The van der Waals surface area contributed by atoms with Crippen molar-refractivity contribution in [2.75, 3.05) is 0 Å². The van der Waals surface area contributed by atoms with E-state index in [-0.39, 0.29) is 0 Å². The van der Waals surface area contributed by atoms with Crippen molar-refractivity contribution < 1.29 is 0 Å². The number of aromatic nitrogens is 1. The Morgan fingerprint density at radius 3 is 1.71 bits per heavy atom. The van der Waals surface area contributed by atoms with Gasteiger partial charge in [0.25, 0.3) is 0 Å². The molecule has 0 saturated carbocycles. The van der Waals surface area contributed by atoms with E-state index in [1.165, 1.54) is 57.9 Å². The average molecular weight is 671 g/mol. The number of rotatable bonds is 3. The average Bonchev–Trinajstić information content (AvgIpc) is 3.77. The van der Waals surface area contributed by atoms with Gasteiger partial charge >= 0.3 is 0 Å². The fourth-order valence-corrected chi connectivity index (χ4v) is 9.19. The van der Waals surface area contributed by atoms with Crippen LogP contribution in [0.2, 0.25) is 0 Å². The number of para-hydroxylation sites is 1. The Labute approximate surface area is 298 Å². The number of benzene rings is 8. The Morgan fingerprint density at radius 1 is 0.510 bits per heavy atom. The lowest BCUT2D eigenvalue weighted by Gasteiger charge is -2.12. The second-order valence-corrected chi connectivity index (χ2v) is 13.8. The van der Waals surface area contributed by atoms with Crippen LogP contribution in [-0.2, 0) is 6.54 Å². The molecule has 0 N–H and O–H groups in total. The van der Waals surface area contributed by atoms with E-state index in [4.69, 9.17) is 9.98 Å². The van der Waals surface area contributed by atoms with E-state index in [1.807, 2.05) is 47.7 Å². The topological polar surface area (TPSA) is 42.0 Å². The van der Waals surface area contributed by atoms with Gasteiger partial charge in [-0.3, -0.25) is 4.57 Å². The summed E-state index contributed by atoms with van der Waals surface area (Å²) in [7, 11) is 0. The monoisotopic (exact) mass is 670 g/mol. The highest BCUT2D eigenvalue weighted by molar-refractivity contribution is 7.28. The van der Waals surface area contributed by atoms with Crippen molar-refractivity contribution in [1.29, 1.82) is 0 Å². The first-order valence-electron chi connectivity index (χ1n) is 17.1. The summed E-state index contributed by atoms with van der Waals surface area (Å²) in [6.07, 6.45) is 0. The molecule has 5 heteroatoms. The maximum atomic E-state index is 5.30. The minimum absolute atomic E-state index is 0.464. The molecule has 2 heterocycles. The zero-order chi connectivity index (χ0) is 33.9. The van der Waals surface area contributed by atoms with Crippen LogP contribution in [0.4, 0.5) is 0 Å². The fourth-order valence-electron chi connectivity index (χ4n) is 7.78. The van der Waals surface area contributed by atoms with Crippen molar-refractivity contribution in [3.63, 3.8) is 0 Å². The Morgan fingerprint density at radius 2 is 1.02 bits per heavy atom. The molecule has 240 valence electrons. The van der Waals surface area contributed by atoms with Gasteiger partial charge in [0.2, 0.25) is 5.96 Å². The summed E-state index contributed by atoms with van der Waals surface area (Å²) in [5.74, 6) is 1.10.